The molecule has 1 heterocycles. The van der Waals surface area contributed by atoms with Crippen molar-refractivity contribution in [3.05, 3.63) is 70.4 Å². The maximum absolute atomic E-state index is 13.2. The Morgan fingerprint density at radius 3 is 2.50 bits per heavy atom. The van der Waals surface area contributed by atoms with Gasteiger partial charge < -0.3 is 4.98 Å². The number of benzene rings is 2. The summed E-state index contributed by atoms with van der Waals surface area (Å²) in [5.74, 6) is -2.07. The lowest BCUT2D eigenvalue weighted by Crippen LogP contribution is -2.02. The summed E-state index contributed by atoms with van der Waals surface area (Å²) in [6.07, 6.45) is 1.49. The molecule has 0 spiro atoms. The van der Waals surface area contributed by atoms with Crippen molar-refractivity contribution in [3.63, 3.8) is 0 Å². The number of hydrogen-bond acceptors (Lipinski definition) is 1. The number of halogens is 3. The summed E-state index contributed by atoms with van der Waals surface area (Å²) in [7, 11) is 0. The molecule has 100 valence electrons. The van der Waals surface area contributed by atoms with E-state index in [1.165, 1.54) is 6.20 Å². The predicted octanol–water partition coefficient (Wildman–Crippen LogP) is 4.33. The summed E-state index contributed by atoms with van der Waals surface area (Å²) in [6.45, 7) is 0. The van der Waals surface area contributed by atoms with Crippen LogP contribution in [0.15, 0.2) is 42.6 Å². The van der Waals surface area contributed by atoms with Crippen molar-refractivity contribution >= 4 is 28.3 Å². The molecular formula is C15H8ClF2NO. The van der Waals surface area contributed by atoms with E-state index in [2.05, 4.69) is 4.98 Å². The minimum absolute atomic E-state index is 0.0525. The molecule has 0 radical (unpaired) electrons. The molecule has 2 aromatic carbocycles. The van der Waals surface area contributed by atoms with Gasteiger partial charge in [0, 0.05) is 34.3 Å². The van der Waals surface area contributed by atoms with E-state index in [1.54, 1.807) is 18.2 Å². The van der Waals surface area contributed by atoms with Crippen LogP contribution in [0.1, 0.15) is 15.9 Å². The highest BCUT2D eigenvalue weighted by Crippen LogP contribution is 2.28. The Morgan fingerprint density at radius 1 is 1.10 bits per heavy atom. The van der Waals surface area contributed by atoms with Crippen molar-refractivity contribution < 1.29 is 13.6 Å². The van der Waals surface area contributed by atoms with Crippen molar-refractivity contribution in [3.8, 4) is 0 Å². The van der Waals surface area contributed by atoms with Crippen LogP contribution in [0.4, 0.5) is 8.78 Å². The zero-order valence-electron chi connectivity index (χ0n) is 10.1. The zero-order chi connectivity index (χ0) is 14.3. The lowest BCUT2D eigenvalue weighted by atomic mass is 10.0. The third kappa shape index (κ3) is 2.08. The first-order valence-corrected chi connectivity index (χ1v) is 6.20. The van der Waals surface area contributed by atoms with Gasteiger partial charge in [0.25, 0.3) is 0 Å². The molecule has 0 aliphatic rings. The molecule has 0 fully saturated rings. The summed E-state index contributed by atoms with van der Waals surface area (Å²) in [5, 5.41) is 0.952. The molecule has 1 aromatic heterocycles. The lowest BCUT2D eigenvalue weighted by Gasteiger charge is -2.02. The number of aromatic nitrogens is 1. The Balaban J connectivity index is 2.18. The highest BCUT2D eigenvalue weighted by Gasteiger charge is 2.17. The van der Waals surface area contributed by atoms with E-state index in [9.17, 15) is 13.6 Å². The number of ketones is 1. The van der Waals surface area contributed by atoms with Gasteiger partial charge in [-0.3, -0.25) is 4.79 Å². The number of carbonyl (C=O) groups is 1. The van der Waals surface area contributed by atoms with Crippen molar-refractivity contribution in [2.75, 3.05) is 0 Å². The summed E-state index contributed by atoms with van der Waals surface area (Å²) in [4.78, 5) is 15.3. The largest absolute Gasteiger partial charge is 0.360 e. The highest BCUT2D eigenvalue weighted by molar-refractivity contribution is 6.37. The SMILES string of the molecule is O=C(c1cc(F)cc(F)c1)c1c[nH]c2cccc(Cl)c12. The van der Waals surface area contributed by atoms with Crippen LogP contribution in [-0.2, 0) is 0 Å². The van der Waals surface area contributed by atoms with Crippen LogP contribution in [0, 0.1) is 11.6 Å². The fraction of sp³-hybridized carbons (Fsp3) is 0. The third-order valence-corrected chi connectivity index (χ3v) is 3.34. The van der Waals surface area contributed by atoms with Gasteiger partial charge in [0.05, 0.1) is 5.02 Å². The number of rotatable bonds is 2. The molecule has 2 nitrogen and oxygen atoms in total. The second-order valence-electron chi connectivity index (χ2n) is 4.35. The number of aromatic amines is 1. The average Bonchev–Trinajstić information content (AvgIpc) is 2.82. The fourth-order valence-electron chi connectivity index (χ4n) is 2.16. The van der Waals surface area contributed by atoms with Gasteiger partial charge in [-0.2, -0.15) is 0 Å². The molecule has 3 aromatic rings. The van der Waals surface area contributed by atoms with Crippen LogP contribution in [-0.4, -0.2) is 10.8 Å². The maximum Gasteiger partial charge on any atom is 0.195 e. The molecule has 0 aliphatic carbocycles. The molecule has 5 heteroatoms. The van der Waals surface area contributed by atoms with Crippen LogP contribution in [0.2, 0.25) is 5.02 Å². The van der Waals surface area contributed by atoms with E-state index < -0.39 is 17.4 Å². The van der Waals surface area contributed by atoms with Gasteiger partial charge in [-0.25, -0.2) is 8.78 Å². The van der Waals surface area contributed by atoms with Crippen molar-refractivity contribution in [1.82, 2.24) is 4.98 Å². The van der Waals surface area contributed by atoms with Gasteiger partial charge in [0.2, 0.25) is 0 Å². The fourth-order valence-corrected chi connectivity index (χ4v) is 2.44. The minimum atomic E-state index is -0.792. The Labute approximate surface area is 118 Å². The topological polar surface area (TPSA) is 32.9 Å². The van der Waals surface area contributed by atoms with Crippen molar-refractivity contribution in [2.24, 2.45) is 0 Å². The maximum atomic E-state index is 13.2. The van der Waals surface area contributed by atoms with Crippen LogP contribution in [0.3, 0.4) is 0 Å². The molecule has 0 unspecified atom stereocenters. The molecule has 0 saturated carbocycles. The van der Waals surface area contributed by atoms with E-state index in [-0.39, 0.29) is 11.1 Å². The first-order valence-electron chi connectivity index (χ1n) is 5.82. The second kappa shape index (κ2) is 4.72. The molecule has 0 bridgehead atoms. The molecule has 0 aliphatic heterocycles. The van der Waals surface area contributed by atoms with Gasteiger partial charge in [0.15, 0.2) is 5.78 Å². The van der Waals surface area contributed by atoms with Crippen LogP contribution >= 0.6 is 11.6 Å². The van der Waals surface area contributed by atoms with E-state index in [0.29, 0.717) is 15.9 Å². The summed E-state index contributed by atoms with van der Waals surface area (Å²) >= 11 is 6.08. The molecule has 0 atom stereocenters. The number of carbonyl (C=O) groups excluding carboxylic acids is 1. The average molecular weight is 292 g/mol. The predicted molar refractivity (Wildman–Crippen MR) is 73.1 cm³/mol. The van der Waals surface area contributed by atoms with Gasteiger partial charge in [-0.1, -0.05) is 17.7 Å². The van der Waals surface area contributed by atoms with E-state index in [0.717, 1.165) is 18.2 Å². The first-order chi connectivity index (χ1) is 9.56. The number of H-pyrrole nitrogens is 1. The van der Waals surface area contributed by atoms with Crippen molar-refractivity contribution in [1.29, 1.82) is 0 Å². The first kappa shape index (κ1) is 12.8. The number of nitrogens with one attached hydrogen (secondary N) is 1. The Kier molecular flexibility index (Phi) is 3.03. The molecule has 20 heavy (non-hydrogen) atoms. The molecule has 3 rings (SSSR count). The van der Waals surface area contributed by atoms with Gasteiger partial charge in [-0.15, -0.1) is 0 Å². The Bertz CT molecular complexity index is 806. The normalized spacial score (nSPS) is 10.9. The van der Waals surface area contributed by atoms with Crippen LogP contribution in [0.25, 0.3) is 10.9 Å². The standard InChI is InChI=1S/C15H8ClF2NO/c16-12-2-1-3-13-14(12)11(7-19-13)15(20)8-4-9(17)6-10(18)5-8/h1-7,19H. The third-order valence-electron chi connectivity index (χ3n) is 3.02. The van der Waals surface area contributed by atoms with Gasteiger partial charge in [0.1, 0.15) is 11.6 Å². The Morgan fingerprint density at radius 2 is 1.80 bits per heavy atom. The molecule has 0 saturated heterocycles. The van der Waals surface area contributed by atoms with E-state index in [4.69, 9.17) is 11.6 Å². The Hall–Kier alpha value is -2.20. The highest BCUT2D eigenvalue weighted by atomic mass is 35.5. The quantitative estimate of drug-likeness (QED) is 0.700. The number of hydrogen-bond donors (Lipinski definition) is 1. The number of fused-ring (bicyclic) bond motifs is 1. The van der Waals surface area contributed by atoms with Gasteiger partial charge >= 0.3 is 0 Å². The second-order valence-corrected chi connectivity index (χ2v) is 4.76. The summed E-state index contributed by atoms with van der Waals surface area (Å²) in [5.41, 5.74) is 0.927. The minimum Gasteiger partial charge on any atom is -0.360 e. The smallest absolute Gasteiger partial charge is 0.195 e. The van der Waals surface area contributed by atoms with Crippen LogP contribution in [0.5, 0.6) is 0 Å². The van der Waals surface area contributed by atoms with E-state index >= 15 is 0 Å². The lowest BCUT2D eigenvalue weighted by molar-refractivity contribution is 0.103. The monoisotopic (exact) mass is 291 g/mol. The van der Waals surface area contributed by atoms with E-state index in [1.807, 2.05) is 0 Å². The molecule has 1 N–H and O–H groups in total. The zero-order valence-corrected chi connectivity index (χ0v) is 10.8. The van der Waals surface area contributed by atoms with Crippen LogP contribution < -0.4 is 0 Å². The van der Waals surface area contributed by atoms with Crippen molar-refractivity contribution in [2.45, 2.75) is 0 Å². The molecule has 0 amide bonds. The summed E-state index contributed by atoms with van der Waals surface area (Å²) < 4.78 is 26.4. The summed E-state index contributed by atoms with van der Waals surface area (Å²) in [6, 6.07) is 7.89. The van der Waals surface area contributed by atoms with Gasteiger partial charge in [-0.05, 0) is 24.3 Å². The molecular weight excluding hydrogens is 284 g/mol.